The summed E-state index contributed by atoms with van der Waals surface area (Å²) in [5.41, 5.74) is 0.194. The summed E-state index contributed by atoms with van der Waals surface area (Å²) in [4.78, 5) is 11.9. The van der Waals surface area contributed by atoms with Gasteiger partial charge in [-0.1, -0.05) is 13.8 Å². The van der Waals surface area contributed by atoms with E-state index in [0.29, 0.717) is 36.4 Å². The van der Waals surface area contributed by atoms with Crippen molar-refractivity contribution >= 4 is 5.78 Å². The number of hydrogen-bond acceptors (Lipinski definition) is 3. The second-order valence-corrected chi connectivity index (χ2v) is 9.17. The van der Waals surface area contributed by atoms with Crippen LogP contribution in [0.25, 0.3) is 0 Å². The van der Waals surface area contributed by atoms with E-state index in [2.05, 4.69) is 13.8 Å². The van der Waals surface area contributed by atoms with Gasteiger partial charge < -0.3 is 10.2 Å². The van der Waals surface area contributed by atoms with E-state index < -0.39 is 0 Å². The zero-order chi connectivity index (χ0) is 15.7. The van der Waals surface area contributed by atoms with E-state index in [-0.39, 0.29) is 29.0 Å². The van der Waals surface area contributed by atoms with Crippen molar-refractivity contribution < 1.29 is 15.0 Å². The van der Waals surface area contributed by atoms with Gasteiger partial charge in [-0.3, -0.25) is 4.79 Å². The highest BCUT2D eigenvalue weighted by Crippen LogP contribution is 2.65. The predicted octanol–water partition coefficient (Wildman–Crippen LogP) is 2.93. The van der Waals surface area contributed by atoms with Crippen LogP contribution in [-0.2, 0) is 4.79 Å². The first-order chi connectivity index (χ1) is 10.4. The molecule has 0 amide bonds. The lowest BCUT2D eigenvalue weighted by atomic mass is 9.44. The Balaban J connectivity index is 1.68. The van der Waals surface area contributed by atoms with Gasteiger partial charge in [0.1, 0.15) is 5.78 Å². The topological polar surface area (TPSA) is 57.5 Å². The minimum Gasteiger partial charge on any atom is -0.393 e. The molecule has 22 heavy (non-hydrogen) atoms. The molecule has 0 aliphatic heterocycles. The third-order valence-corrected chi connectivity index (χ3v) is 8.45. The van der Waals surface area contributed by atoms with Gasteiger partial charge in [0.05, 0.1) is 12.2 Å². The summed E-state index contributed by atoms with van der Waals surface area (Å²) < 4.78 is 0. The van der Waals surface area contributed by atoms with Crippen LogP contribution in [0.4, 0.5) is 0 Å². The van der Waals surface area contributed by atoms with E-state index in [1.807, 2.05) is 0 Å². The van der Waals surface area contributed by atoms with Crippen molar-refractivity contribution in [3.63, 3.8) is 0 Å². The molecule has 4 fully saturated rings. The molecule has 0 bridgehead atoms. The largest absolute Gasteiger partial charge is 0.393 e. The highest BCUT2D eigenvalue weighted by Gasteiger charge is 2.61. The van der Waals surface area contributed by atoms with Crippen molar-refractivity contribution in [2.75, 3.05) is 0 Å². The lowest BCUT2D eigenvalue weighted by Gasteiger charge is -2.61. The molecule has 0 saturated heterocycles. The first kappa shape index (κ1) is 15.1. The Bertz CT molecular complexity index is 489. The summed E-state index contributed by atoms with van der Waals surface area (Å²) in [5, 5.41) is 21.2. The maximum absolute atomic E-state index is 11.9. The SMILES string of the molecule is CC12CCC3C(CC(O)C4CC(=O)CCC43C)C1CCC2O. The fourth-order valence-electron chi connectivity index (χ4n) is 7.06. The van der Waals surface area contributed by atoms with Gasteiger partial charge in [0, 0.05) is 12.8 Å². The van der Waals surface area contributed by atoms with Gasteiger partial charge in [-0.2, -0.15) is 0 Å². The maximum Gasteiger partial charge on any atom is 0.133 e. The minimum absolute atomic E-state index is 0.0641. The molecular weight excluding hydrogens is 276 g/mol. The normalized spacial score (nSPS) is 57.9. The molecule has 0 aromatic heterocycles. The van der Waals surface area contributed by atoms with Crippen LogP contribution >= 0.6 is 0 Å². The van der Waals surface area contributed by atoms with Crippen molar-refractivity contribution in [1.82, 2.24) is 0 Å². The monoisotopic (exact) mass is 306 g/mol. The van der Waals surface area contributed by atoms with Crippen LogP contribution in [0.1, 0.15) is 65.2 Å². The van der Waals surface area contributed by atoms with Crippen LogP contribution in [0.2, 0.25) is 0 Å². The van der Waals surface area contributed by atoms with Crippen LogP contribution in [-0.4, -0.2) is 28.2 Å². The average Bonchev–Trinajstić information content (AvgIpc) is 2.77. The Morgan fingerprint density at radius 1 is 0.955 bits per heavy atom. The number of ketones is 1. The quantitative estimate of drug-likeness (QED) is 0.723. The van der Waals surface area contributed by atoms with Gasteiger partial charge in [0.2, 0.25) is 0 Å². The van der Waals surface area contributed by atoms with E-state index in [1.54, 1.807) is 0 Å². The van der Waals surface area contributed by atoms with Gasteiger partial charge in [0.25, 0.3) is 0 Å². The van der Waals surface area contributed by atoms with Crippen LogP contribution in [0.15, 0.2) is 0 Å². The summed E-state index contributed by atoms with van der Waals surface area (Å²) in [6.07, 6.45) is 6.95. The molecule has 4 rings (SSSR count). The molecule has 8 unspecified atom stereocenters. The van der Waals surface area contributed by atoms with Crippen molar-refractivity contribution in [2.24, 2.45) is 34.5 Å². The Kier molecular flexibility index (Phi) is 3.30. The Morgan fingerprint density at radius 3 is 2.45 bits per heavy atom. The minimum atomic E-state index is -0.324. The van der Waals surface area contributed by atoms with E-state index in [9.17, 15) is 15.0 Å². The molecule has 4 aliphatic rings. The fraction of sp³-hybridized carbons (Fsp3) is 0.947. The molecule has 3 heteroatoms. The second kappa shape index (κ2) is 4.80. The van der Waals surface area contributed by atoms with E-state index in [0.717, 1.165) is 32.1 Å². The van der Waals surface area contributed by atoms with Crippen LogP contribution in [0.3, 0.4) is 0 Å². The van der Waals surface area contributed by atoms with Gasteiger partial charge >= 0.3 is 0 Å². The summed E-state index contributed by atoms with van der Waals surface area (Å²) in [6.45, 7) is 4.62. The van der Waals surface area contributed by atoms with Crippen LogP contribution in [0, 0.1) is 34.5 Å². The first-order valence-electron chi connectivity index (χ1n) is 9.24. The standard InChI is InChI=1S/C19H30O3/c1-18-7-5-11(20)9-15(18)16(21)10-12-13-3-4-17(22)19(13,2)8-6-14(12)18/h12-17,21-22H,3-10H2,1-2H3. The zero-order valence-corrected chi connectivity index (χ0v) is 13.9. The number of rotatable bonds is 0. The van der Waals surface area contributed by atoms with Gasteiger partial charge in [-0.25, -0.2) is 0 Å². The summed E-state index contributed by atoms with van der Waals surface area (Å²) >= 11 is 0. The number of aliphatic hydroxyl groups excluding tert-OH is 2. The highest BCUT2D eigenvalue weighted by atomic mass is 16.3. The zero-order valence-electron chi connectivity index (χ0n) is 13.9. The Labute approximate surface area is 133 Å². The smallest absolute Gasteiger partial charge is 0.133 e. The number of hydrogen-bond donors (Lipinski definition) is 2. The van der Waals surface area contributed by atoms with E-state index >= 15 is 0 Å². The third-order valence-electron chi connectivity index (χ3n) is 8.45. The number of carbonyl (C=O) groups is 1. The number of carbonyl (C=O) groups excluding carboxylic acids is 1. The third kappa shape index (κ3) is 1.84. The van der Waals surface area contributed by atoms with Crippen molar-refractivity contribution in [2.45, 2.75) is 77.4 Å². The molecular formula is C19H30O3. The molecule has 0 aromatic carbocycles. The average molecular weight is 306 g/mol. The second-order valence-electron chi connectivity index (χ2n) is 9.17. The molecule has 4 saturated carbocycles. The molecule has 0 heterocycles. The lowest BCUT2D eigenvalue weighted by molar-refractivity contribution is -0.168. The molecule has 8 atom stereocenters. The van der Waals surface area contributed by atoms with Crippen molar-refractivity contribution in [3.05, 3.63) is 0 Å². The number of Topliss-reactive ketones (excluding diaryl/α,β-unsaturated/α-hetero) is 1. The summed E-state index contributed by atoms with van der Waals surface area (Å²) in [5.74, 6) is 2.26. The van der Waals surface area contributed by atoms with E-state index in [4.69, 9.17) is 0 Å². The molecule has 3 nitrogen and oxygen atoms in total. The van der Waals surface area contributed by atoms with Crippen LogP contribution < -0.4 is 0 Å². The number of aliphatic hydroxyl groups is 2. The van der Waals surface area contributed by atoms with Crippen molar-refractivity contribution in [3.8, 4) is 0 Å². The van der Waals surface area contributed by atoms with Gasteiger partial charge in [-0.05, 0) is 73.0 Å². The van der Waals surface area contributed by atoms with Gasteiger partial charge in [0.15, 0.2) is 0 Å². The Morgan fingerprint density at radius 2 is 1.68 bits per heavy atom. The fourth-order valence-corrected chi connectivity index (χ4v) is 7.06. The molecule has 0 radical (unpaired) electrons. The lowest BCUT2D eigenvalue weighted by Crippen LogP contribution is -2.58. The molecule has 0 spiro atoms. The molecule has 0 aromatic rings. The molecule has 124 valence electrons. The van der Waals surface area contributed by atoms with Crippen LogP contribution in [0.5, 0.6) is 0 Å². The summed E-state index contributed by atoms with van der Waals surface area (Å²) in [7, 11) is 0. The van der Waals surface area contributed by atoms with Crippen molar-refractivity contribution in [1.29, 1.82) is 0 Å². The summed E-state index contributed by atoms with van der Waals surface area (Å²) in [6, 6.07) is 0. The Hall–Kier alpha value is -0.410. The van der Waals surface area contributed by atoms with E-state index in [1.165, 1.54) is 6.42 Å². The molecule has 4 aliphatic carbocycles. The predicted molar refractivity (Wildman–Crippen MR) is 84.1 cm³/mol. The highest BCUT2D eigenvalue weighted by molar-refractivity contribution is 5.79. The van der Waals surface area contributed by atoms with Gasteiger partial charge in [-0.15, -0.1) is 0 Å². The molecule has 2 N–H and O–H groups in total. The number of fused-ring (bicyclic) bond motifs is 5. The first-order valence-corrected chi connectivity index (χ1v) is 9.24. The maximum atomic E-state index is 11.9.